The molecule has 3 rings (SSSR count). The average Bonchev–Trinajstić information content (AvgIpc) is 2.85. The lowest BCUT2D eigenvalue weighted by Crippen LogP contribution is -2.30. The van der Waals surface area contributed by atoms with Crippen molar-refractivity contribution in [1.82, 2.24) is 9.62 Å². The van der Waals surface area contributed by atoms with Gasteiger partial charge in [0.2, 0.25) is 20.0 Å². The third-order valence-electron chi connectivity index (χ3n) is 5.25. The Kier molecular flexibility index (Phi) is 8.72. The summed E-state index contributed by atoms with van der Waals surface area (Å²) < 4.78 is 56.9. The summed E-state index contributed by atoms with van der Waals surface area (Å²) in [5.41, 5.74) is 1.69. The molecule has 9 nitrogen and oxygen atoms in total. The number of amides is 1. The van der Waals surface area contributed by atoms with Crippen LogP contribution in [0.3, 0.4) is 0 Å². The molecule has 0 aromatic heterocycles. The van der Waals surface area contributed by atoms with Crippen LogP contribution in [-0.2, 0) is 26.6 Å². The molecule has 3 aromatic carbocycles. The number of hydrogen-bond donors (Lipinski definition) is 1. The summed E-state index contributed by atoms with van der Waals surface area (Å²) in [4.78, 5) is 12.6. The smallest absolute Gasteiger partial charge is 0.251 e. The molecule has 0 saturated heterocycles. The Hall–Kier alpha value is -3.41. The number of nitrogens with zero attached hydrogens (tertiary/aromatic N) is 2. The monoisotopic (exact) mass is 531 g/mol. The first kappa shape index (κ1) is 27.2. The van der Waals surface area contributed by atoms with E-state index in [1.165, 1.54) is 30.5 Å². The molecule has 1 N–H and O–H groups in total. The molecule has 0 fully saturated rings. The van der Waals surface area contributed by atoms with Crippen LogP contribution in [0.4, 0.5) is 5.69 Å². The van der Waals surface area contributed by atoms with E-state index >= 15 is 0 Å². The van der Waals surface area contributed by atoms with Crippen molar-refractivity contribution in [1.29, 1.82) is 0 Å². The number of benzene rings is 3. The zero-order chi connectivity index (χ0) is 26.3. The number of ether oxygens (including phenoxy) is 1. The Morgan fingerprint density at radius 3 is 2.03 bits per heavy atom. The molecule has 0 radical (unpaired) electrons. The lowest BCUT2D eigenvalue weighted by molar-refractivity contribution is 0.0947. The van der Waals surface area contributed by atoms with Crippen molar-refractivity contribution in [3.8, 4) is 5.75 Å². The van der Waals surface area contributed by atoms with Crippen molar-refractivity contribution in [3.63, 3.8) is 0 Å². The van der Waals surface area contributed by atoms with Crippen LogP contribution in [0, 0.1) is 0 Å². The number of rotatable bonds is 11. The van der Waals surface area contributed by atoms with E-state index in [4.69, 9.17) is 4.74 Å². The van der Waals surface area contributed by atoms with Gasteiger partial charge in [-0.25, -0.2) is 21.1 Å². The van der Waals surface area contributed by atoms with Crippen molar-refractivity contribution in [2.24, 2.45) is 0 Å². The number of hydrogen-bond acceptors (Lipinski definition) is 6. The van der Waals surface area contributed by atoms with Crippen LogP contribution in [0.2, 0.25) is 0 Å². The van der Waals surface area contributed by atoms with Crippen LogP contribution in [0.5, 0.6) is 5.75 Å². The molecule has 0 heterocycles. The van der Waals surface area contributed by atoms with Gasteiger partial charge in [-0.2, -0.15) is 0 Å². The van der Waals surface area contributed by atoms with Crippen molar-refractivity contribution < 1.29 is 26.4 Å². The van der Waals surface area contributed by atoms with Crippen molar-refractivity contribution in [2.45, 2.75) is 11.4 Å². The molecule has 0 aliphatic rings. The van der Waals surface area contributed by atoms with Crippen LogP contribution in [0.15, 0.2) is 83.8 Å². The molecule has 0 saturated carbocycles. The molecule has 0 bridgehead atoms. The Balaban J connectivity index is 1.54. The van der Waals surface area contributed by atoms with Gasteiger partial charge in [-0.15, -0.1) is 0 Å². The van der Waals surface area contributed by atoms with Gasteiger partial charge in [0, 0.05) is 19.7 Å². The predicted molar refractivity (Wildman–Crippen MR) is 139 cm³/mol. The summed E-state index contributed by atoms with van der Waals surface area (Å²) in [6, 6.07) is 21.6. The first-order valence-electron chi connectivity index (χ1n) is 11.0. The third kappa shape index (κ3) is 7.06. The highest BCUT2D eigenvalue weighted by Gasteiger charge is 2.19. The molecule has 3 aromatic rings. The minimum Gasteiger partial charge on any atom is -0.492 e. The minimum atomic E-state index is -3.53. The van der Waals surface area contributed by atoms with Crippen LogP contribution >= 0.6 is 0 Å². The van der Waals surface area contributed by atoms with E-state index in [0.29, 0.717) is 17.0 Å². The Labute approximate surface area is 212 Å². The average molecular weight is 532 g/mol. The Bertz CT molecular complexity index is 1370. The molecule has 0 unspecified atom stereocenters. The van der Waals surface area contributed by atoms with Gasteiger partial charge < -0.3 is 10.1 Å². The fourth-order valence-corrected chi connectivity index (χ4v) is 5.07. The van der Waals surface area contributed by atoms with Crippen LogP contribution in [0.25, 0.3) is 0 Å². The third-order valence-corrected chi connectivity index (χ3v) is 8.22. The standard InChI is InChI=1S/C25H29N3O6S2/c1-27(2)36(32,33)24-15-13-23(14-16-24)34-18-17-26-25(29)21-9-11-22(12-10-21)28(35(3,30)31)19-20-7-5-4-6-8-20/h4-16H,17-19H2,1-3H3,(H,26,29). The quantitative estimate of drug-likeness (QED) is 0.381. The number of sulfonamides is 2. The topological polar surface area (TPSA) is 113 Å². The van der Waals surface area contributed by atoms with Crippen LogP contribution in [0.1, 0.15) is 15.9 Å². The fourth-order valence-electron chi connectivity index (χ4n) is 3.28. The maximum atomic E-state index is 12.5. The van der Waals surface area contributed by atoms with Gasteiger partial charge in [0.05, 0.1) is 29.9 Å². The second-order valence-corrected chi connectivity index (χ2v) is 12.2. The van der Waals surface area contributed by atoms with Crippen molar-refractivity contribution in [3.05, 3.63) is 90.0 Å². The number of carbonyl (C=O) groups excluding carboxylic acids is 1. The molecule has 192 valence electrons. The lowest BCUT2D eigenvalue weighted by atomic mass is 10.2. The Morgan fingerprint density at radius 1 is 0.861 bits per heavy atom. The summed E-state index contributed by atoms with van der Waals surface area (Å²) in [7, 11) is -4.12. The molecule has 0 spiro atoms. The predicted octanol–water partition coefficient (Wildman–Crippen LogP) is 2.71. The molecule has 11 heteroatoms. The second kappa shape index (κ2) is 11.5. The van der Waals surface area contributed by atoms with E-state index in [9.17, 15) is 21.6 Å². The van der Waals surface area contributed by atoms with Gasteiger partial charge in [-0.05, 0) is 54.1 Å². The molecule has 36 heavy (non-hydrogen) atoms. The van der Waals surface area contributed by atoms with Gasteiger partial charge >= 0.3 is 0 Å². The Morgan fingerprint density at radius 2 is 1.47 bits per heavy atom. The minimum absolute atomic E-state index is 0.162. The maximum Gasteiger partial charge on any atom is 0.251 e. The van der Waals surface area contributed by atoms with E-state index in [1.54, 1.807) is 36.4 Å². The first-order chi connectivity index (χ1) is 17.0. The zero-order valence-electron chi connectivity index (χ0n) is 20.3. The van der Waals surface area contributed by atoms with Gasteiger partial charge in [0.15, 0.2) is 0 Å². The zero-order valence-corrected chi connectivity index (χ0v) is 21.9. The van der Waals surface area contributed by atoms with E-state index < -0.39 is 20.0 Å². The second-order valence-electron chi connectivity index (χ2n) is 8.17. The molecule has 0 atom stereocenters. The highest BCUT2D eigenvalue weighted by molar-refractivity contribution is 7.92. The van der Waals surface area contributed by atoms with Crippen LogP contribution < -0.4 is 14.4 Å². The lowest BCUT2D eigenvalue weighted by Gasteiger charge is -2.22. The first-order valence-corrected chi connectivity index (χ1v) is 14.3. The van der Waals surface area contributed by atoms with Gasteiger partial charge in [0.25, 0.3) is 5.91 Å². The summed E-state index contributed by atoms with van der Waals surface area (Å²) in [6.07, 6.45) is 1.14. The number of carbonyl (C=O) groups is 1. The molecule has 0 aliphatic carbocycles. The van der Waals surface area contributed by atoms with Crippen molar-refractivity contribution >= 4 is 31.6 Å². The summed E-state index contributed by atoms with van der Waals surface area (Å²) >= 11 is 0. The fraction of sp³-hybridized carbons (Fsp3) is 0.240. The van der Waals surface area contributed by atoms with Crippen LogP contribution in [-0.4, -0.2) is 60.6 Å². The van der Waals surface area contributed by atoms with E-state index in [2.05, 4.69) is 5.32 Å². The number of nitrogens with one attached hydrogen (secondary N) is 1. The molecular formula is C25H29N3O6S2. The maximum absolute atomic E-state index is 12.5. The van der Waals surface area contributed by atoms with Crippen molar-refractivity contribution in [2.75, 3.05) is 37.8 Å². The van der Waals surface area contributed by atoms with Gasteiger partial charge in [-0.1, -0.05) is 30.3 Å². The molecule has 0 aliphatic heterocycles. The van der Waals surface area contributed by atoms with E-state index in [-0.39, 0.29) is 30.5 Å². The summed E-state index contributed by atoms with van der Waals surface area (Å²) in [5, 5.41) is 2.74. The largest absolute Gasteiger partial charge is 0.492 e. The van der Waals surface area contributed by atoms with E-state index in [1.807, 2.05) is 30.3 Å². The van der Waals surface area contributed by atoms with Gasteiger partial charge in [0.1, 0.15) is 12.4 Å². The highest BCUT2D eigenvalue weighted by Crippen LogP contribution is 2.21. The van der Waals surface area contributed by atoms with E-state index in [0.717, 1.165) is 16.1 Å². The molecular weight excluding hydrogens is 502 g/mol. The highest BCUT2D eigenvalue weighted by atomic mass is 32.2. The summed E-state index contributed by atoms with van der Waals surface area (Å²) in [5.74, 6) is 0.150. The SMILES string of the molecule is CN(C)S(=O)(=O)c1ccc(OCCNC(=O)c2ccc(N(Cc3ccccc3)S(C)(=O)=O)cc2)cc1. The van der Waals surface area contributed by atoms with Gasteiger partial charge in [-0.3, -0.25) is 9.10 Å². The summed E-state index contributed by atoms with van der Waals surface area (Å²) in [6.45, 7) is 0.592. The number of anilines is 1. The normalized spacial score (nSPS) is 11.8. The molecule has 1 amide bonds.